The van der Waals surface area contributed by atoms with Crippen LogP contribution in [-0.4, -0.2) is 100 Å². The largest absolute Gasteiger partial charge is 0.464 e. The number of ether oxygens (including phenoxy) is 3. The number of amides is 1. The first kappa shape index (κ1) is 35.3. The standard InChI is InChI=1S/C15H30N2O4.C10H22N2O2/c1-11(2)10-20-13(18)12(8-9-17(6)7)16-14(19)21-15(3,4)5;1-8(2)7-14-10(13)9(11)5-6-12(3)4/h11-12H,8-10H2,1-7H3,(H,16,19);8-9H,5-7,11H2,1-4H3/t12-;9-/m00/s1. The topological polar surface area (TPSA) is 123 Å². The van der Waals surface area contributed by atoms with Crippen molar-refractivity contribution >= 4 is 18.0 Å². The molecule has 10 heteroatoms. The summed E-state index contributed by atoms with van der Waals surface area (Å²) in [5, 5.41) is 2.59. The SMILES string of the molecule is CC(C)COC(=O)[C@@H](N)CCN(C)C.CC(C)COC(=O)[C@H](CCN(C)C)NC(=O)OC(C)(C)C. The summed E-state index contributed by atoms with van der Waals surface area (Å²) in [4.78, 5) is 39.1. The maximum Gasteiger partial charge on any atom is 0.408 e. The maximum absolute atomic E-state index is 12.1. The van der Waals surface area contributed by atoms with Crippen LogP contribution in [-0.2, 0) is 23.8 Å². The molecular weight excluding hydrogens is 452 g/mol. The molecule has 0 aliphatic rings. The van der Waals surface area contributed by atoms with Crippen LogP contribution < -0.4 is 11.1 Å². The quantitative estimate of drug-likeness (QED) is 0.287. The Morgan fingerprint density at radius 1 is 0.800 bits per heavy atom. The van der Waals surface area contributed by atoms with Gasteiger partial charge in [0.05, 0.1) is 13.2 Å². The molecule has 0 heterocycles. The molecule has 0 radical (unpaired) electrons. The van der Waals surface area contributed by atoms with E-state index >= 15 is 0 Å². The van der Waals surface area contributed by atoms with Gasteiger partial charge in [-0.15, -0.1) is 0 Å². The van der Waals surface area contributed by atoms with Gasteiger partial charge >= 0.3 is 18.0 Å². The summed E-state index contributed by atoms with van der Waals surface area (Å²) in [6.45, 7) is 15.5. The molecule has 0 aromatic carbocycles. The second-order valence-electron chi connectivity index (χ2n) is 11.0. The first-order chi connectivity index (χ1) is 15.9. The smallest absolute Gasteiger partial charge is 0.408 e. The van der Waals surface area contributed by atoms with E-state index in [1.165, 1.54) is 0 Å². The van der Waals surface area contributed by atoms with Gasteiger partial charge in [-0.25, -0.2) is 9.59 Å². The van der Waals surface area contributed by atoms with Crippen molar-refractivity contribution in [1.82, 2.24) is 15.1 Å². The van der Waals surface area contributed by atoms with Crippen molar-refractivity contribution in [2.24, 2.45) is 17.6 Å². The van der Waals surface area contributed by atoms with E-state index in [0.717, 1.165) is 6.54 Å². The molecule has 0 saturated heterocycles. The van der Waals surface area contributed by atoms with Crippen molar-refractivity contribution < 1.29 is 28.6 Å². The Hall–Kier alpha value is -1.91. The summed E-state index contributed by atoms with van der Waals surface area (Å²) in [5.74, 6) is -0.0954. The summed E-state index contributed by atoms with van der Waals surface area (Å²) in [7, 11) is 7.71. The number of nitrogens with one attached hydrogen (secondary N) is 1. The molecule has 10 nitrogen and oxygen atoms in total. The number of carbonyl (C=O) groups is 3. The lowest BCUT2D eigenvalue weighted by atomic mass is 10.2. The third-order valence-corrected chi connectivity index (χ3v) is 4.15. The highest BCUT2D eigenvalue weighted by Crippen LogP contribution is 2.08. The predicted molar refractivity (Wildman–Crippen MR) is 139 cm³/mol. The van der Waals surface area contributed by atoms with E-state index in [0.29, 0.717) is 38.5 Å². The number of carbonyl (C=O) groups excluding carboxylic acids is 3. The van der Waals surface area contributed by atoms with E-state index < -0.39 is 29.7 Å². The number of alkyl carbamates (subject to hydrolysis) is 1. The minimum absolute atomic E-state index is 0.255. The molecule has 0 bridgehead atoms. The van der Waals surface area contributed by atoms with Crippen molar-refractivity contribution in [3.63, 3.8) is 0 Å². The fraction of sp³-hybridized carbons (Fsp3) is 0.880. The highest BCUT2D eigenvalue weighted by molar-refractivity contribution is 5.81. The van der Waals surface area contributed by atoms with E-state index in [9.17, 15) is 14.4 Å². The monoisotopic (exact) mass is 504 g/mol. The molecular formula is C25H52N4O6. The highest BCUT2D eigenvalue weighted by atomic mass is 16.6. The fourth-order valence-electron chi connectivity index (χ4n) is 2.31. The number of esters is 2. The van der Waals surface area contributed by atoms with Gasteiger partial charge in [0.1, 0.15) is 17.7 Å². The van der Waals surface area contributed by atoms with Crippen molar-refractivity contribution in [1.29, 1.82) is 0 Å². The van der Waals surface area contributed by atoms with Crippen LogP contribution in [0.25, 0.3) is 0 Å². The summed E-state index contributed by atoms with van der Waals surface area (Å²) in [5.41, 5.74) is 5.05. The van der Waals surface area contributed by atoms with E-state index in [1.54, 1.807) is 20.8 Å². The van der Waals surface area contributed by atoms with Gasteiger partial charge in [0.25, 0.3) is 0 Å². The molecule has 0 spiro atoms. The Balaban J connectivity index is 0. The number of nitrogens with zero attached hydrogens (tertiary/aromatic N) is 2. The van der Waals surface area contributed by atoms with E-state index in [2.05, 4.69) is 5.32 Å². The lowest BCUT2D eigenvalue weighted by Crippen LogP contribution is -2.45. The number of rotatable bonds is 13. The summed E-state index contributed by atoms with van der Waals surface area (Å²) in [6.07, 6.45) is 0.514. The molecule has 0 saturated carbocycles. The second-order valence-corrected chi connectivity index (χ2v) is 11.0. The predicted octanol–water partition coefficient (Wildman–Crippen LogP) is 2.50. The molecule has 0 aromatic heterocycles. The van der Waals surface area contributed by atoms with Gasteiger partial charge < -0.3 is 35.1 Å². The molecule has 208 valence electrons. The molecule has 35 heavy (non-hydrogen) atoms. The molecule has 2 atom stereocenters. The minimum Gasteiger partial charge on any atom is -0.464 e. The molecule has 0 rings (SSSR count). The second kappa shape index (κ2) is 18.4. The number of hydrogen-bond acceptors (Lipinski definition) is 9. The van der Waals surface area contributed by atoms with Gasteiger partial charge in [-0.05, 0) is 80.2 Å². The van der Waals surface area contributed by atoms with Crippen LogP contribution in [0.15, 0.2) is 0 Å². The molecule has 0 unspecified atom stereocenters. The van der Waals surface area contributed by atoms with Crippen LogP contribution in [0.1, 0.15) is 61.3 Å². The maximum atomic E-state index is 12.1. The third-order valence-electron chi connectivity index (χ3n) is 4.15. The zero-order valence-corrected chi connectivity index (χ0v) is 24.0. The molecule has 0 aliphatic heterocycles. The van der Waals surface area contributed by atoms with E-state index in [1.807, 2.05) is 65.7 Å². The van der Waals surface area contributed by atoms with Gasteiger partial charge in [0.2, 0.25) is 0 Å². The Labute approximate surface area is 213 Å². The van der Waals surface area contributed by atoms with Gasteiger partial charge in [-0.3, -0.25) is 4.79 Å². The average Bonchev–Trinajstić information content (AvgIpc) is 2.70. The normalized spacial score (nSPS) is 13.3. The molecule has 0 aromatic rings. The Morgan fingerprint density at radius 3 is 1.63 bits per heavy atom. The van der Waals surface area contributed by atoms with Crippen LogP contribution in [0.4, 0.5) is 4.79 Å². The van der Waals surface area contributed by atoms with Crippen molar-refractivity contribution in [3.8, 4) is 0 Å². The van der Waals surface area contributed by atoms with Crippen molar-refractivity contribution in [2.75, 3.05) is 54.5 Å². The van der Waals surface area contributed by atoms with Gasteiger partial charge in [0.15, 0.2) is 0 Å². The molecule has 0 fully saturated rings. The van der Waals surface area contributed by atoms with Crippen LogP contribution in [0.5, 0.6) is 0 Å². The first-order valence-corrected chi connectivity index (χ1v) is 12.3. The number of hydrogen-bond donors (Lipinski definition) is 2. The van der Waals surface area contributed by atoms with Crippen molar-refractivity contribution in [3.05, 3.63) is 0 Å². The van der Waals surface area contributed by atoms with Crippen LogP contribution in [0.2, 0.25) is 0 Å². The van der Waals surface area contributed by atoms with Gasteiger partial charge in [-0.2, -0.15) is 0 Å². The Kier molecular flexibility index (Phi) is 18.5. The average molecular weight is 505 g/mol. The number of nitrogens with two attached hydrogens (primary N) is 1. The van der Waals surface area contributed by atoms with Crippen molar-refractivity contribution in [2.45, 2.75) is 79.0 Å². The lowest BCUT2D eigenvalue weighted by Gasteiger charge is -2.24. The van der Waals surface area contributed by atoms with E-state index in [-0.39, 0.29) is 11.9 Å². The fourth-order valence-corrected chi connectivity index (χ4v) is 2.31. The van der Waals surface area contributed by atoms with Crippen LogP contribution in [0.3, 0.4) is 0 Å². The summed E-state index contributed by atoms with van der Waals surface area (Å²) in [6, 6.07) is -1.18. The highest BCUT2D eigenvalue weighted by Gasteiger charge is 2.25. The van der Waals surface area contributed by atoms with Crippen LogP contribution in [0, 0.1) is 11.8 Å². The zero-order valence-electron chi connectivity index (χ0n) is 24.0. The van der Waals surface area contributed by atoms with Crippen LogP contribution >= 0.6 is 0 Å². The minimum atomic E-state index is -0.694. The molecule has 1 amide bonds. The third kappa shape index (κ3) is 23.6. The molecule has 0 aliphatic carbocycles. The Bertz CT molecular complexity index is 603. The van der Waals surface area contributed by atoms with Gasteiger partial charge in [-0.1, -0.05) is 27.7 Å². The zero-order chi connectivity index (χ0) is 27.8. The Morgan fingerprint density at radius 2 is 1.23 bits per heavy atom. The molecule has 3 N–H and O–H groups in total. The van der Waals surface area contributed by atoms with Gasteiger partial charge in [0, 0.05) is 6.54 Å². The first-order valence-electron chi connectivity index (χ1n) is 12.3. The van der Waals surface area contributed by atoms with E-state index in [4.69, 9.17) is 19.9 Å². The lowest BCUT2D eigenvalue weighted by molar-refractivity contribution is -0.148. The summed E-state index contributed by atoms with van der Waals surface area (Å²) < 4.78 is 15.4. The summed E-state index contributed by atoms with van der Waals surface area (Å²) >= 11 is 0.